The Balaban J connectivity index is 1.11. The molecule has 8 aliphatic heterocycles. The predicted octanol–water partition coefficient (Wildman–Crippen LogP) is 6.42. The van der Waals surface area contributed by atoms with Crippen LogP contribution in [0.1, 0.15) is 106 Å². The van der Waals surface area contributed by atoms with Crippen molar-refractivity contribution in [3.8, 4) is 0 Å². The largest absolute Gasteiger partial charge is 0.508 e. The molecule has 260 valence electrons. The van der Waals surface area contributed by atoms with Crippen molar-refractivity contribution in [1.82, 2.24) is 0 Å². The van der Waals surface area contributed by atoms with Crippen molar-refractivity contribution >= 4 is 6.16 Å². The highest BCUT2D eigenvalue weighted by Crippen LogP contribution is 2.63. The van der Waals surface area contributed by atoms with E-state index in [1.807, 2.05) is 13.8 Å². The summed E-state index contributed by atoms with van der Waals surface area (Å²) in [7, 11) is 0. The number of hydrogen-bond donors (Lipinski definition) is 0. The lowest BCUT2D eigenvalue weighted by molar-refractivity contribution is -0.573. The molecular weight excluding hydrogens is 596 g/mol. The SMILES string of the molecule is CCOC(=O)O[C@@H](C[C@H]1O[C@@H]2O[C@]3(C)CC[C@H]4[C@H](C)CC[C@@H]([C@H]1C)[C@@]24OO3)C1O[C@@H]2O[C@]3(C)CC[C@H]4C(C)CC[C@@H]([C@H]1C)[C@@]24OO3. The van der Waals surface area contributed by atoms with Gasteiger partial charge in [-0.2, -0.15) is 0 Å². The number of carbonyl (C=O) groups is 1. The van der Waals surface area contributed by atoms with E-state index in [0.717, 1.165) is 51.4 Å². The Kier molecular flexibility index (Phi) is 7.86. The monoisotopic (exact) mass is 650 g/mol. The van der Waals surface area contributed by atoms with Gasteiger partial charge in [0.15, 0.2) is 23.8 Å². The molecule has 8 heterocycles. The predicted molar refractivity (Wildman–Crippen MR) is 160 cm³/mol. The molecule has 17 atom stereocenters. The number of rotatable bonds is 5. The molecule has 0 aromatic carbocycles. The fraction of sp³-hybridized carbons (Fsp3) is 0.971. The van der Waals surface area contributed by atoms with Crippen LogP contribution in [0.3, 0.4) is 0 Å². The lowest BCUT2D eigenvalue weighted by atomic mass is 9.56. The van der Waals surface area contributed by atoms with Crippen molar-refractivity contribution in [2.45, 2.75) is 160 Å². The van der Waals surface area contributed by atoms with E-state index in [4.69, 9.17) is 48.0 Å². The molecule has 0 aromatic rings. The summed E-state index contributed by atoms with van der Waals surface area (Å²) in [5, 5.41) is 0. The van der Waals surface area contributed by atoms with E-state index in [1.54, 1.807) is 6.92 Å². The molecular formula is C35H54O11. The van der Waals surface area contributed by atoms with Gasteiger partial charge in [0.2, 0.25) is 11.6 Å². The molecule has 2 unspecified atom stereocenters. The third kappa shape index (κ3) is 4.62. The second-order valence-corrected chi connectivity index (χ2v) is 16.4. The number of ether oxygens (including phenoxy) is 6. The fourth-order valence-electron chi connectivity index (χ4n) is 11.4. The summed E-state index contributed by atoms with van der Waals surface area (Å²) in [4.78, 5) is 37.9. The third-order valence-electron chi connectivity index (χ3n) is 13.8. The number of hydrogen-bond acceptors (Lipinski definition) is 11. The van der Waals surface area contributed by atoms with Gasteiger partial charge in [-0.25, -0.2) is 24.3 Å². The van der Waals surface area contributed by atoms with Gasteiger partial charge in [-0.1, -0.05) is 27.7 Å². The lowest BCUT2D eigenvalue weighted by Crippen LogP contribution is -2.72. The molecule has 2 spiro atoms. The normalized spacial score (nSPS) is 56.2. The standard InChI is InChI=1S/C35H54O11/c1-8-37-31(36)39-27(28-21(5)25-12-10-19(3)23-14-16-33(7)42-30(40-28)35(23,25)46-44-33)17-26-20(4)24-11-9-18(2)22-13-15-32(6)41-29(38-26)34(22,24)45-43-32/h18-30H,8-17H2,1-7H3/t18-,19?,20-,21-,22+,23+,24+,25+,26-,27+,28?,29-,30-,32+,33+,34-,35-/m1/s1. The molecule has 2 aliphatic carbocycles. The summed E-state index contributed by atoms with van der Waals surface area (Å²) < 4.78 is 38.7. The minimum Gasteiger partial charge on any atom is -0.435 e. The second kappa shape index (κ2) is 11.2. The highest BCUT2D eigenvalue weighted by molar-refractivity contribution is 5.60. The molecule has 10 fully saturated rings. The first-order chi connectivity index (χ1) is 21.9. The lowest BCUT2D eigenvalue weighted by Gasteiger charge is -2.62. The maximum Gasteiger partial charge on any atom is 0.508 e. The van der Waals surface area contributed by atoms with Gasteiger partial charge in [-0.15, -0.1) is 0 Å². The van der Waals surface area contributed by atoms with Crippen molar-refractivity contribution in [2.75, 3.05) is 6.61 Å². The highest BCUT2D eigenvalue weighted by atomic mass is 17.3. The minimum atomic E-state index is -0.890. The Labute approximate surface area is 272 Å². The molecule has 46 heavy (non-hydrogen) atoms. The van der Waals surface area contributed by atoms with Gasteiger partial charge in [0.25, 0.3) is 0 Å². The minimum absolute atomic E-state index is 0.00808. The molecule has 0 amide bonds. The fourth-order valence-corrected chi connectivity index (χ4v) is 11.4. The zero-order valence-corrected chi connectivity index (χ0v) is 28.6. The third-order valence-corrected chi connectivity index (χ3v) is 13.8. The first-order valence-corrected chi connectivity index (χ1v) is 18.2. The van der Waals surface area contributed by atoms with E-state index in [2.05, 4.69) is 27.7 Å². The summed E-state index contributed by atoms with van der Waals surface area (Å²) in [6.45, 7) is 14.9. The van der Waals surface area contributed by atoms with Crippen molar-refractivity contribution in [3.63, 3.8) is 0 Å². The van der Waals surface area contributed by atoms with E-state index >= 15 is 0 Å². The maximum atomic E-state index is 13.0. The van der Waals surface area contributed by atoms with Gasteiger partial charge >= 0.3 is 6.16 Å². The Morgan fingerprint density at radius 1 is 0.717 bits per heavy atom. The molecule has 11 nitrogen and oxygen atoms in total. The van der Waals surface area contributed by atoms with E-state index < -0.39 is 53.7 Å². The van der Waals surface area contributed by atoms with Gasteiger partial charge < -0.3 is 28.4 Å². The molecule has 11 heteroatoms. The van der Waals surface area contributed by atoms with E-state index in [9.17, 15) is 4.79 Å². The summed E-state index contributed by atoms with van der Waals surface area (Å²) in [5.74, 6) is 0.0794. The molecule has 0 radical (unpaired) electrons. The Bertz CT molecular complexity index is 1190. The summed E-state index contributed by atoms with van der Waals surface area (Å²) in [6.07, 6.45) is 4.74. The molecule has 4 bridgehead atoms. The van der Waals surface area contributed by atoms with E-state index in [-0.39, 0.29) is 48.2 Å². The van der Waals surface area contributed by atoms with Crippen LogP contribution in [0.25, 0.3) is 0 Å². The number of fused-ring (bicyclic) bond motifs is 4. The van der Waals surface area contributed by atoms with Crippen LogP contribution < -0.4 is 0 Å². The Morgan fingerprint density at radius 3 is 1.83 bits per heavy atom. The average Bonchev–Trinajstić information content (AvgIpc) is 3.39. The van der Waals surface area contributed by atoms with Gasteiger partial charge in [0, 0.05) is 31.1 Å². The number of carbonyl (C=O) groups excluding carboxylic acids is 1. The van der Waals surface area contributed by atoms with Crippen LogP contribution >= 0.6 is 0 Å². The Hall–Kier alpha value is -1.05. The maximum absolute atomic E-state index is 13.0. The second-order valence-electron chi connectivity index (χ2n) is 16.4. The topological polar surface area (TPSA) is 109 Å². The molecule has 0 aromatic heterocycles. The van der Waals surface area contributed by atoms with Gasteiger partial charge in [-0.3, -0.25) is 0 Å². The average molecular weight is 651 g/mol. The van der Waals surface area contributed by atoms with Crippen LogP contribution in [0.4, 0.5) is 4.79 Å². The van der Waals surface area contributed by atoms with Crippen molar-refractivity contribution < 1.29 is 52.8 Å². The smallest absolute Gasteiger partial charge is 0.435 e. The van der Waals surface area contributed by atoms with Crippen LogP contribution in [0.2, 0.25) is 0 Å². The first kappa shape index (κ1) is 32.2. The summed E-state index contributed by atoms with van der Waals surface area (Å²) in [5.41, 5.74) is -1.36. The van der Waals surface area contributed by atoms with E-state index in [1.165, 1.54) is 0 Å². The summed E-state index contributed by atoms with van der Waals surface area (Å²) in [6, 6.07) is 0. The van der Waals surface area contributed by atoms with Crippen molar-refractivity contribution in [3.05, 3.63) is 0 Å². The highest BCUT2D eigenvalue weighted by Gasteiger charge is 2.72. The quantitative estimate of drug-likeness (QED) is 0.243. The van der Waals surface area contributed by atoms with Crippen molar-refractivity contribution in [1.29, 1.82) is 0 Å². The van der Waals surface area contributed by atoms with Gasteiger partial charge in [0.1, 0.15) is 12.2 Å². The molecule has 10 rings (SSSR count). The van der Waals surface area contributed by atoms with Crippen LogP contribution in [-0.4, -0.2) is 66.4 Å². The molecule has 2 saturated carbocycles. The van der Waals surface area contributed by atoms with Crippen molar-refractivity contribution in [2.24, 2.45) is 47.3 Å². The molecule has 0 N–H and O–H groups in total. The van der Waals surface area contributed by atoms with Crippen LogP contribution in [0.5, 0.6) is 0 Å². The van der Waals surface area contributed by atoms with Crippen LogP contribution in [0, 0.1) is 47.3 Å². The molecule has 10 aliphatic rings. The van der Waals surface area contributed by atoms with Crippen LogP contribution in [-0.2, 0) is 48.0 Å². The molecule has 8 saturated heterocycles. The van der Waals surface area contributed by atoms with E-state index in [0.29, 0.717) is 18.3 Å². The van der Waals surface area contributed by atoms with Crippen LogP contribution in [0.15, 0.2) is 0 Å². The zero-order chi connectivity index (χ0) is 32.2. The summed E-state index contributed by atoms with van der Waals surface area (Å²) >= 11 is 0. The zero-order valence-electron chi connectivity index (χ0n) is 28.6. The van der Waals surface area contributed by atoms with Gasteiger partial charge in [-0.05, 0) is 94.8 Å². The van der Waals surface area contributed by atoms with Gasteiger partial charge in [0.05, 0.1) is 12.7 Å². The first-order valence-electron chi connectivity index (χ1n) is 18.2. The Morgan fingerprint density at radius 2 is 1.26 bits per heavy atom.